The van der Waals surface area contributed by atoms with E-state index >= 15 is 0 Å². The van der Waals surface area contributed by atoms with Gasteiger partial charge in [0, 0.05) is 10.8 Å². The molecule has 1 heteroatoms. The second-order valence-electron chi connectivity index (χ2n) is 18.5. The Labute approximate surface area is 336 Å². The Balaban J connectivity index is 1.20. The predicted octanol–water partition coefficient (Wildman–Crippen LogP) is 13.9. The average molecular weight is 745 g/mol. The molecule has 0 amide bonds. The summed E-state index contributed by atoms with van der Waals surface area (Å²) in [5, 5.41) is 11.1. The summed E-state index contributed by atoms with van der Waals surface area (Å²) < 4.78 is 0. The van der Waals surface area contributed by atoms with E-state index in [4.69, 9.17) is 0 Å². The van der Waals surface area contributed by atoms with Gasteiger partial charge in [0.2, 0.25) is 0 Å². The van der Waals surface area contributed by atoms with Gasteiger partial charge >= 0.3 is 0 Å². The minimum atomic E-state index is -2.06. The van der Waals surface area contributed by atoms with Crippen LogP contribution in [0.25, 0.3) is 88.0 Å². The van der Waals surface area contributed by atoms with Crippen molar-refractivity contribution in [2.24, 2.45) is 0 Å². The maximum absolute atomic E-state index is 2.65. The summed E-state index contributed by atoms with van der Waals surface area (Å²) in [6.45, 7) is 14.7. The molecule has 9 aromatic rings. The van der Waals surface area contributed by atoms with Gasteiger partial charge in [0.15, 0.2) is 0 Å². The summed E-state index contributed by atoms with van der Waals surface area (Å²) in [6.07, 6.45) is 0. The Morgan fingerprint density at radius 3 is 1.32 bits per heavy atom. The molecular weight excluding hydrogens is 701 g/mol. The second-order valence-corrected chi connectivity index (χ2v) is 22.8. The third-order valence-electron chi connectivity index (χ3n) is 14.4. The van der Waals surface area contributed by atoms with Crippen molar-refractivity contribution in [1.29, 1.82) is 0 Å². The second kappa shape index (κ2) is 11.1. The lowest BCUT2D eigenvalue weighted by Crippen LogP contribution is -2.49. The van der Waals surface area contributed by atoms with Gasteiger partial charge in [0.1, 0.15) is 8.07 Å². The molecule has 0 bridgehead atoms. The third kappa shape index (κ3) is 4.28. The molecule has 0 atom stereocenters. The molecule has 0 radical (unpaired) electrons. The van der Waals surface area contributed by atoms with Gasteiger partial charge in [-0.05, 0) is 145 Å². The third-order valence-corrected chi connectivity index (χ3v) is 17.9. The summed E-state index contributed by atoms with van der Waals surface area (Å²) in [5.74, 6) is 0. The highest BCUT2D eigenvalue weighted by atomic mass is 28.3. The Kier molecular flexibility index (Phi) is 6.45. The molecule has 0 aromatic heterocycles. The summed E-state index contributed by atoms with van der Waals surface area (Å²) in [5.41, 5.74) is 19.1. The molecule has 1 heterocycles. The molecule has 272 valence electrons. The zero-order chi connectivity index (χ0) is 38.6. The largest absolute Gasteiger partial charge is 0.113 e. The molecule has 3 aliphatic rings. The van der Waals surface area contributed by atoms with Crippen LogP contribution in [0, 0.1) is 0 Å². The monoisotopic (exact) mass is 744 g/mol. The Bertz CT molecular complexity index is 3260. The van der Waals surface area contributed by atoms with Crippen molar-refractivity contribution in [2.45, 2.75) is 51.6 Å². The molecule has 0 saturated carbocycles. The number of hydrogen-bond acceptors (Lipinski definition) is 0. The molecule has 0 unspecified atom stereocenters. The van der Waals surface area contributed by atoms with Gasteiger partial charge in [-0.3, -0.25) is 0 Å². The Morgan fingerprint density at radius 1 is 0.333 bits per heavy atom. The first-order chi connectivity index (χ1) is 27.5. The minimum absolute atomic E-state index is 0.0813. The van der Waals surface area contributed by atoms with Crippen LogP contribution in [0.15, 0.2) is 158 Å². The number of hydrogen-bond donors (Lipinski definition) is 0. The van der Waals surface area contributed by atoms with E-state index in [2.05, 4.69) is 199 Å². The lowest BCUT2D eigenvalue weighted by molar-refractivity contribution is 0.660. The highest BCUT2D eigenvalue weighted by molar-refractivity contribution is 7.04. The average Bonchev–Trinajstić information content (AvgIpc) is 3.70. The van der Waals surface area contributed by atoms with Crippen LogP contribution in [-0.2, 0) is 10.8 Å². The quantitative estimate of drug-likeness (QED) is 0.122. The topological polar surface area (TPSA) is 0 Å². The molecule has 0 nitrogen and oxygen atoms in total. The predicted molar refractivity (Wildman–Crippen MR) is 247 cm³/mol. The van der Waals surface area contributed by atoms with E-state index in [1.165, 1.54) is 110 Å². The van der Waals surface area contributed by atoms with Gasteiger partial charge in [-0.15, -0.1) is 0 Å². The fraction of sp³-hybridized carbons (Fsp3) is 0.143. The molecular formula is C56H44Si. The van der Waals surface area contributed by atoms with Crippen LogP contribution in [0.4, 0.5) is 0 Å². The summed E-state index contributed by atoms with van der Waals surface area (Å²) in [4.78, 5) is 0. The minimum Gasteiger partial charge on any atom is -0.0619 e. The van der Waals surface area contributed by atoms with Crippen molar-refractivity contribution in [3.8, 4) is 55.6 Å². The highest BCUT2D eigenvalue weighted by Crippen LogP contribution is 2.54. The Morgan fingerprint density at radius 2 is 0.754 bits per heavy atom. The van der Waals surface area contributed by atoms with E-state index in [-0.39, 0.29) is 10.8 Å². The first-order valence-corrected chi connectivity index (χ1v) is 23.6. The smallest absolute Gasteiger partial charge is 0.0619 e. The number of fused-ring (bicyclic) bond motifs is 12. The molecule has 0 fully saturated rings. The van der Waals surface area contributed by atoms with Crippen LogP contribution in [-0.4, -0.2) is 8.07 Å². The van der Waals surface area contributed by atoms with E-state index in [9.17, 15) is 0 Å². The summed E-state index contributed by atoms with van der Waals surface area (Å²) in [6, 6.07) is 61.1. The van der Waals surface area contributed by atoms with Gasteiger partial charge in [-0.25, -0.2) is 0 Å². The van der Waals surface area contributed by atoms with Crippen LogP contribution < -0.4 is 10.4 Å². The molecule has 57 heavy (non-hydrogen) atoms. The van der Waals surface area contributed by atoms with Crippen molar-refractivity contribution in [1.82, 2.24) is 0 Å². The molecule has 12 rings (SSSR count). The first kappa shape index (κ1) is 33.1. The van der Waals surface area contributed by atoms with E-state index in [1.807, 2.05) is 0 Å². The number of benzene rings is 9. The lowest BCUT2D eigenvalue weighted by atomic mass is 9.79. The zero-order valence-corrected chi connectivity index (χ0v) is 34.5. The van der Waals surface area contributed by atoms with Crippen molar-refractivity contribution < 1.29 is 0 Å². The van der Waals surface area contributed by atoms with Crippen molar-refractivity contribution >= 4 is 50.8 Å². The fourth-order valence-corrected chi connectivity index (χ4v) is 14.5. The lowest BCUT2D eigenvalue weighted by Gasteiger charge is -2.25. The zero-order valence-electron chi connectivity index (χ0n) is 33.5. The molecule has 2 aliphatic carbocycles. The maximum atomic E-state index is 2.65. The van der Waals surface area contributed by atoms with Gasteiger partial charge < -0.3 is 0 Å². The first-order valence-electron chi connectivity index (χ1n) is 20.6. The van der Waals surface area contributed by atoms with Crippen molar-refractivity contribution in [2.75, 3.05) is 0 Å². The van der Waals surface area contributed by atoms with Crippen molar-refractivity contribution in [3.05, 3.63) is 180 Å². The van der Waals surface area contributed by atoms with Crippen LogP contribution in [0.1, 0.15) is 49.9 Å². The van der Waals surface area contributed by atoms with Crippen LogP contribution in [0.3, 0.4) is 0 Å². The summed E-state index contributed by atoms with van der Waals surface area (Å²) in [7, 11) is -2.06. The molecule has 0 N–H and O–H groups in total. The van der Waals surface area contributed by atoms with E-state index in [0.717, 1.165) is 0 Å². The van der Waals surface area contributed by atoms with Crippen molar-refractivity contribution in [3.63, 3.8) is 0 Å². The fourth-order valence-electron chi connectivity index (χ4n) is 11.4. The standard InChI is InChI=1S/C56H44Si/c1-55(2)47-21-13-11-17-37(47)39-25-23-35(28-49(39)55)53-41-19-9-10-20-42(41)54(36-24-26-40-38-18-12-14-22-48(38)56(3,4)50(40)29-36)46-32-52-44(31-45(46)53)43-27-33-15-7-8-16-34(33)30-51(43)57(52,5)6/h7-32H,1-6H3. The molecule has 1 aliphatic heterocycles. The van der Waals surface area contributed by atoms with E-state index in [0.29, 0.717) is 0 Å². The van der Waals surface area contributed by atoms with E-state index in [1.54, 1.807) is 10.4 Å². The SMILES string of the molecule is CC1(C)c2ccccc2-c2ccc(-c3c4ccccc4c(-c4ccc5c(c4)C(C)(C)c4ccccc4-5)c4cc5c(cc34)-c3cc4ccccc4cc3[Si]5(C)C)cc21. The Hall–Kier alpha value is -6.02. The highest BCUT2D eigenvalue weighted by Gasteiger charge is 2.40. The molecule has 9 aromatic carbocycles. The van der Waals surface area contributed by atoms with Crippen LogP contribution in [0.5, 0.6) is 0 Å². The van der Waals surface area contributed by atoms with Gasteiger partial charge in [-0.2, -0.15) is 0 Å². The molecule has 0 spiro atoms. The summed E-state index contributed by atoms with van der Waals surface area (Å²) >= 11 is 0. The maximum Gasteiger partial charge on any atom is 0.113 e. The number of rotatable bonds is 2. The van der Waals surface area contributed by atoms with Gasteiger partial charge in [0.25, 0.3) is 0 Å². The van der Waals surface area contributed by atoms with E-state index < -0.39 is 8.07 Å². The van der Waals surface area contributed by atoms with Gasteiger partial charge in [0.05, 0.1) is 0 Å². The molecule has 0 saturated heterocycles. The van der Waals surface area contributed by atoms with Gasteiger partial charge in [-0.1, -0.05) is 174 Å². The normalized spacial score (nSPS) is 16.0. The van der Waals surface area contributed by atoms with Crippen LogP contribution >= 0.6 is 0 Å². The van der Waals surface area contributed by atoms with Crippen LogP contribution in [0.2, 0.25) is 13.1 Å².